The number of halogens is 1. The molecule has 1 rings (SSSR count). The van der Waals surface area contributed by atoms with Crippen LogP contribution in [0.2, 0.25) is 0 Å². The number of hydrogen-bond acceptors (Lipinski definition) is 3. The summed E-state index contributed by atoms with van der Waals surface area (Å²) in [5.41, 5.74) is -0.374. The van der Waals surface area contributed by atoms with Crippen molar-refractivity contribution in [3.05, 3.63) is 29.6 Å². The zero-order chi connectivity index (χ0) is 14.5. The van der Waals surface area contributed by atoms with Crippen molar-refractivity contribution in [2.75, 3.05) is 13.2 Å². The summed E-state index contributed by atoms with van der Waals surface area (Å²) in [6, 6.07) is 4.67. The number of ether oxygens (including phenoxy) is 1. The third-order valence-electron chi connectivity index (χ3n) is 2.77. The molecule has 0 amide bonds. The first-order valence-corrected chi connectivity index (χ1v) is 6.22. The average Bonchev–Trinajstić information content (AvgIpc) is 2.34. The van der Waals surface area contributed by atoms with E-state index in [2.05, 4.69) is 5.32 Å². The van der Waals surface area contributed by atoms with E-state index in [0.717, 1.165) is 6.54 Å². The van der Waals surface area contributed by atoms with E-state index < -0.39 is 17.2 Å². The van der Waals surface area contributed by atoms with Crippen molar-refractivity contribution >= 4 is 5.97 Å². The molecule has 0 aromatic heterocycles. The fraction of sp³-hybridized carbons (Fsp3) is 0.500. The highest BCUT2D eigenvalue weighted by Gasteiger charge is 2.28. The molecule has 0 aliphatic rings. The summed E-state index contributed by atoms with van der Waals surface area (Å²) in [6.07, 6.45) is 0. The van der Waals surface area contributed by atoms with Gasteiger partial charge in [0.15, 0.2) is 11.6 Å². The SMILES string of the molecule is CCNCc1cccc(F)c1OCC(C)(C)C(=O)O. The first-order valence-electron chi connectivity index (χ1n) is 6.22. The number of carboxylic acid groups (broad SMARTS) is 1. The lowest BCUT2D eigenvalue weighted by Gasteiger charge is -2.21. The minimum absolute atomic E-state index is 0.0810. The van der Waals surface area contributed by atoms with Crippen LogP contribution >= 0.6 is 0 Å². The molecule has 4 nitrogen and oxygen atoms in total. The molecule has 1 aromatic carbocycles. The summed E-state index contributed by atoms with van der Waals surface area (Å²) in [7, 11) is 0. The second-order valence-corrected chi connectivity index (χ2v) is 4.99. The molecule has 0 unspecified atom stereocenters. The van der Waals surface area contributed by atoms with Crippen LogP contribution in [0, 0.1) is 11.2 Å². The van der Waals surface area contributed by atoms with E-state index in [9.17, 15) is 9.18 Å². The van der Waals surface area contributed by atoms with Crippen molar-refractivity contribution < 1.29 is 19.0 Å². The Balaban J connectivity index is 2.84. The molecule has 0 saturated heterocycles. The fourth-order valence-electron chi connectivity index (χ4n) is 1.43. The Bertz CT molecular complexity index is 446. The molecule has 0 atom stereocenters. The maximum atomic E-state index is 13.8. The molecule has 0 fully saturated rings. The summed E-state index contributed by atoms with van der Waals surface area (Å²) < 4.78 is 19.1. The Morgan fingerprint density at radius 2 is 2.16 bits per heavy atom. The van der Waals surface area contributed by atoms with Crippen LogP contribution in [0.5, 0.6) is 5.75 Å². The first kappa shape index (κ1) is 15.4. The Morgan fingerprint density at radius 3 is 2.74 bits per heavy atom. The van der Waals surface area contributed by atoms with Gasteiger partial charge in [0.05, 0.1) is 5.41 Å². The van der Waals surface area contributed by atoms with Crippen molar-refractivity contribution in [3.8, 4) is 5.75 Å². The van der Waals surface area contributed by atoms with Crippen LogP contribution < -0.4 is 10.1 Å². The molecule has 0 aliphatic heterocycles. The van der Waals surface area contributed by atoms with Gasteiger partial charge < -0.3 is 15.2 Å². The molecule has 0 saturated carbocycles. The molecular formula is C14H20FNO3. The van der Waals surface area contributed by atoms with Gasteiger partial charge in [-0.05, 0) is 26.5 Å². The lowest BCUT2D eigenvalue weighted by atomic mass is 9.95. The number of carbonyl (C=O) groups is 1. The first-order chi connectivity index (χ1) is 8.88. The van der Waals surface area contributed by atoms with Gasteiger partial charge in [0, 0.05) is 12.1 Å². The molecule has 106 valence electrons. The number of carboxylic acids is 1. The quantitative estimate of drug-likeness (QED) is 0.798. The van der Waals surface area contributed by atoms with Crippen molar-refractivity contribution in [2.45, 2.75) is 27.3 Å². The molecular weight excluding hydrogens is 249 g/mol. The summed E-state index contributed by atoms with van der Waals surface area (Å²) in [5.74, 6) is -1.33. The van der Waals surface area contributed by atoms with Gasteiger partial charge in [0.2, 0.25) is 0 Å². The van der Waals surface area contributed by atoms with Gasteiger partial charge in [-0.2, -0.15) is 0 Å². The molecule has 0 aliphatic carbocycles. The number of aliphatic carboxylic acids is 1. The van der Waals surface area contributed by atoms with E-state index in [-0.39, 0.29) is 12.4 Å². The second kappa shape index (κ2) is 6.52. The zero-order valence-electron chi connectivity index (χ0n) is 11.5. The van der Waals surface area contributed by atoms with E-state index in [0.29, 0.717) is 12.1 Å². The van der Waals surface area contributed by atoms with E-state index in [1.165, 1.54) is 6.07 Å². The van der Waals surface area contributed by atoms with E-state index in [4.69, 9.17) is 9.84 Å². The molecule has 2 N–H and O–H groups in total. The van der Waals surface area contributed by atoms with Crippen LogP contribution in [0.1, 0.15) is 26.3 Å². The second-order valence-electron chi connectivity index (χ2n) is 4.99. The van der Waals surface area contributed by atoms with Crippen molar-refractivity contribution in [3.63, 3.8) is 0 Å². The molecule has 0 heterocycles. The third kappa shape index (κ3) is 4.21. The standard InChI is InChI=1S/C14H20FNO3/c1-4-16-8-10-6-5-7-11(15)12(10)19-9-14(2,3)13(17)18/h5-7,16H,4,8-9H2,1-3H3,(H,17,18). The van der Waals surface area contributed by atoms with Gasteiger partial charge in [0.25, 0.3) is 0 Å². The Labute approximate surface area is 112 Å². The number of rotatable bonds is 7. The van der Waals surface area contributed by atoms with Crippen LogP contribution in [0.4, 0.5) is 4.39 Å². The number of benzene rings is 1. The Kier molecular flexibility index (Phi) is 5.30. The normalized spacial score (nSPS) is 11.4. The number of hydrogen-bond donors (Lipinski definition) is 2. The maximum Gasteiger partial charge on any atom is 0.312 e. The molecule has 0 radical (unpaired) electrons. The van der Waals surface area contributed by atoms with Crippen molar-refractivity contribution in [2.24, 2.45) is 5.41 Å². The van der Waals surface area contributed by atoms with Crippen molar-refractivity contribution in [1.29, 1.82) is 0 Å². The highest BCUT2D eigenvalue weighted by Crippen LogP contribution is 2.25. The van der Waals surface area contributed by atoms with Gasteiger partial charge in [-0.25, -0.2) is 4.39 Å². The van der Waals surface area contributed by atoms with Gasteiger partial charge in [-0.3, -0.25) is 4.79 Å². The minimum Gasteiger partial charge on any atom is -0.489 e. The van der Waals surface area contributed by atoms with Gasteiger partial charge in [-0.15, -0.1) is 0 Å². The minimum atomic E-state index is -1.06. The van der Waals surface area contributed by atoms with Crippen LogP contribution in [-0.2, 0) is 11.3 Å². The molecule has 1 aromatic rings. The largest absolute Gasteiger partial charge is 0.489 e. The third-order valence-corrected chi connectivity index (χ3v) is 2.77. The average molecular weight is 269 g/mol. The maximum absolute atomic E-state index is 13.8. The summed E-state index contributed by atoms with van der Waals surface area (Å²) >= 11 is 0. The highest BCUT2D eigenvalue weighted by molar-refractivity contribution is 5.73. The van der Waals surface area contributed by atoms with Gasteiger partial charge in [0.1, 0.15) is 6.61 Å². The molecule has 19 heavy (non-hydrogen) atoms. The van der Waals surface area contributed by atoms with Crippen LogP contribution in [0.3, 0.4) is 0 Å². The van der Waals surface area contributed by atoms with E-state index >= 15 is 0 Å². The summed E-state index contributed by atoms with van der Waals surface area (Å²) in [4.78, 5) is 11.0. The van der Waals surface area contributed by atoms with Crippen LogP contribution in [-0.4, -0.2) is 24.2 Å². The highest BCUT2D eigenvalue weighted by atomic mass is 19.1. The predicted octanol–water partition coefficient (Wildman–Crippen LogP) is 2.42. The zero-order valence-corrected chi connectivity index (χ0v) is 11.5. The summed E-state index contributed by atoms with van der Waals surface area (Å²) in [5, 5.41) is 12.1. The number of nitrogens with one attached hydrogen (secondary N) is 1. The van der Waals surface area contributed by atoms with E-state index in [1.807, 2.05) is 6.92 Å². The van der Waals surface area contributed by atoms with Gasteiger partial charge >= 0.3 is 5.97 Å². The predicted molar refractivity (Wildman–Crippen MR) is 70.7 cm³/mol. The Morgan fingerprint density at radius 1 is 1.47 bits per heavy atom. The van der Waals surface area contributed by atoms with Crippen molar-refractivity contribution in [1.82, 2.24) is 5.32 Å². The lowest BCUT2D eigenvalue weighted by Crippen LogP contribution is -2.31. The topological polar surface area (TPSA) is 58.6 Å². The smallest absolute Gasteiger partial charge is 0.312 e. The lowest BCUT2D eigenvalue weighted by molar-refractivity contribution is -0.148. The monoisotopic (exact) mass is 269 g/mol. The summed E-state index contributed by atoms with van der Waals surface area (Å²) in [6.45, 7) is 6.20. The Hall–Kier alpha value is -1.62. The molecule has 0 spiro atoms. The fourth-order valence-corrected chi connectivity index (χ4v) is 1.43. The van der Waals surface area contributed by atoms with Gasteiger partial charge in [-0.1, -0.05) is 19.1 Å². The molecule has 0 bridgehead atoms. The van der Waals surface area contributed by atoms with Crippen LogP contribution in [0.15, 0.2) is 18.2 Å². The van der Waals surface area contributed by atoms with Crippen LogP contribution in [0.25, 0.3) is 0 Å². The van der Waals surface area contributed by atoms with E-state index in [1.54, 1.807) is 26.0 Å². The molecule has 5 heteroatoms. The number of para-hydroxylation sites is 1.